The van der Waals surface area contributed by atoms with Crippen LogP contribution < -0.4 is 0 Å². The Labute approximate surface area is 125 Å². The SMILES string of the molecule is CC(=O)C(O)CC(C(=O)OCCc1ccccc1)C(F)(F)F. The molecule has 0 aromatic heterocycles. The van der Waals surface area contributed by atoms with Gasteiger partial charge in [0.15, 0.2) is 11.7 Å². The minimum atomic E-state index is -4.87. The molecule has 0 heterocycles. The van der Waals surface area contributed by atoms with Crippen molar-refractivity contribution in [3.63, 3.8) is 0 Å². The third kappa shape index (κ3) is 5.85. The average Bonchev–Trinajstić information content (AvgIpc) is 2.44. The van der Waals surface area contributed by atoms with E-state index in [-0.39, 0.29) is 13.0 Å². The lowest BCUT2D eigenvalue weighted by Crippen LogP contribution is -2.37. The fraction of sp³-hybridized carbons (Fsp3) is 0.467. The lowest BCUT2D eigenvalue weighted by Gasteiger charge is -2.20. The number of hydrogen-bond acceptors (Lipinski definition) is 4. The van der Waals surface area contributed by atoms with Gasteiger partial charge in [0.2, 0.25) is 0 Å². The van der Waals surface area contributed by atoms with Gasteiger partial charge in [-0.1, -0.05) is 30.3 Å². The lowest BCUT2D eigenvalue weighted by molar-refractivity contribution is -0.202. The van der Waals surface area contributed by atoms with Gasteiger partial charge in [0.25, 0.3) is 0 Å². The minimum Gasteiger partial charge on any atom is -0.465 e. The van der Waals surface area contributed by atoms with Gasteiger partial charge in [-0.25, -0.2) is 0 Å². The zero-order valence-corrected chi connectivity index (χ0v) is 12.0. The number of benzene rings is 1. The van der Waals surface area contributed by atoms with Gasteiger partial charge in [-0.2, -0.15) is 13.2 Å². The van der Waals surface area contributed by atoms with E-state index in [0.717, 1.165) is 12.5 Å². The van der Waals surface area contributed by atoms with Crippen molar-refractivity contribution >= 4 is 11.8 Å². The van der Waals surface area contributed by atoms with Crippen molar-refractivity contribution in [3.05, 3.63) is 35.9 Å². The van der Waals surface area contributed by atoms with Gasteiger partial charge >= 0.3 is 12.1 Å². The van der Waals surface area contributed by atoms with E-state index in [2.05, 4.69) is 4.74 Å². The summed E-state index contributed by atoms with van der Waals surface area (Å²) in [6.07, 6.45) is -7.45. The van der Waals surface area contributed by atoms with Crippen molar-refractivity contribution in [1.29, 1.82) is 0 Å². The minimum absolute atomic E-state index is 0.203. The van der Waals surface area contributed by atoms with E-state index in [0.29, 0.717) is 0 Å². The van der Waals surface area contributed by atoms with E-state index in [1.807, 2.05) is 0 Å². The molecule has 0 saturated carbocycles. The van der Waals surface area contributed by atoms with Gasteiger partial charge in [0.05, 0.1) is 6.61 Å². The topological polar surface area (TPSA) is 63.6 Å². The van der Waals surface area contributed by atoms with Crippen LogP contribution >= 0.6 is 0 Å². The van der Waals surface area contributed by atoms with Gasteiger partial charge < -0.3 is 9.84 Å². The van der Waals surface area contributed by atoms with Crippen molar-refractivity contribution in [2.24, 2.45) is 5.92 Å². The maximum absolute atomic E-state index is 12.8. The average molecular weight is 318 g/mol. The normalized spacial score (nSPS) is 14.2. The summed E-state index contributed by atoms with van der Waals surface area (Å²) in [6.45, 7) is 0.754. The van der Waals surface area contributed by atoms with Gasteiger partial charge in [-0.15, -0.1) is 0 Å². The second-order valence-corrected chi connectivity index (χ2v) is 4.86. The molecule has 0 fully saturated rings. The Bertz CT molecular complexity index is 499. The number of hydrogen-bond donors (Lipinski definition) is 1. The van der Waals surface area contributed by atoms with E-state index in [1.54, 1.807) is 30.3 Å². The molecule has 0 radical (unpaired) electrons. The summed E-state index contributed by atoms with van der Waals surface area (Å²) in [6, 6.07) is 8.83. The quantitative estimate of drug-likeness (QED) is 0.784. The summed E-state index contributed by atoms with van der Waals surface area (Å²) in [5.74, 6) is -4.82. The van der Waals surface area contributed by atoms with Crippen molar-refractivity contribution in [1.82, 2.24) is 0 Å². The number of carbonyl (C=O) groups excluding carboxylic acids is 2. The summed E-state index contributed by atoms with van der Waals surface area (Å²) in [5, 5.41) is 9.26. The third-order valence-electron chi connectivity index (χ3n) is 3.09. The Morgan fingerprint density at radius 1 is 1.23 bits per heavy atom. The fourth-order valence-corrected chi connectivity index (χ4v) is 1.77. The Hall–Kier alpha value is -1.89. The Kier molecular flexibility index (Phi) is 6.55. The molecule has 2 atom stereocenters. The van der Waals surface area contributed by atoms with Gasteiger partial charge in [0.1, 0.15) is 6.10 Å². The van der Waals surface area contributed by atoms with Crippen LogP contribution in [0.15, 0.2) is 30.3 Å². The van der Waals surface area contributed by atoms with Crippen LogP contribution in [0.1, 0.15) is 18.9 Å². The molecule has 0 aliphatic heterocycles. The Morgan fingerprint density at radius 2 is 1.82 bits per heavy atom. The van der Waals surface area contributed by atoms with Crippen LogP contribution in [-0.2, 0) is 20.7 Å². The predicted molar refractivity (Wildman–Crippen MR) is 72.0 cm³/mol. The number of ketones is 1. The number of halogens is 3. The highest BCUT2D eigenvalue weighted by molar-refractivity contribution is 5.81. The van der Waals surface area contributed by atoms with Crippen molar-refractivity contribution in [3.8, 4) is 0 Å². The highest BCUT2D eigenvalue weighted by atomic mass is 19.4. The molecule has 7 heteroatoms. The second kappa shape index (κ2) is 7.93. The zero-order valence-electron chi connectivity index (χ0n) is 12.0. The first-order valence-corrected chi connectivity index (χ1v) is 6.67. The number of aliphatic hydroxyl groups excluding tert-OH is 1. The van der Waals surface area contributed by atoms with Crippen LogP contribution in [0.5, 0.6) is 0 Å². The van der Waals surface area contributed by atoms with E-state index in [4.69, 9.17) is 0 Å². The summed E-state index contributed by atoms with van der Waals surface area (Å²) in [7, 11) is 0. The van der Waals surface area contributed by atoms with Crippen LogP contribution in [0, 0.1) is 5.92 Å². The van der Waals surface area contributed by atoms with Crippen LogP contribution in [0.3, 0.4) is 0 Å². The fourth-order valence-electron chi connectivity index (χ4n) is 1.77. The molecule has 1 rings (SSSR count). The van der Waals surface area contributed by atoms with Crippen molar-refractivity contribution in [2.75, 3.05) is 6.61 Å². The van der Waals surface area contributed by atoms with E-state index >= 15 is 0 Å². The Morgan fingerprint density at radius 3 is 2.32 bits per heavy atom. The molecule has 0 saturated heterocycles. The molecule has 0 amide bonds. The standard InChI is InChI=1S/C15H17F3O4/c1-10(19)13(20)9-12(15(16,17)18)14(21)22-8-7-11-5-3-2-4-6-11/h2-6,12-13,20H,7-9H2,1H3. The predicted octanol–water partition coefficient (Wildman–Crippen LogP) is 2.29. The van der Waals surface area contributed by atoms with Crippen LogP contribution in [-0.4, -0.2) is 35.7 Å². The summed E-state index contributed by atoms with van der Waals surface area (Å²) >= 11 is 0. The molecule has 22 heavy (non-hydrogen) atoms. The van der Waals surface area contributed by atoms with E-state index in [9.17, 15) is 27.9 Å². The highest BCUT2D eigenvalue weighted by Crippen LogP contribution is 2.31. The van der Waals surface area contributed by atoms with Gasteiger partial charge in [0, 0.05) is 12.8 Å². The van der Waals surface area contributed by atoms with Crippen molar-refractivity contribution < 1.29 is 32.6 Å². The molecule has 0 bridgehead atoms. The number of aliphatic hydroxyl groups is 1. The molecule has 1 N–H and O–H groups in total. The van der Waals surface area contributed by atoms with E-state index in [1.165, 1.54) is 0 Å². The molecule has 0 aliphatic rings. The number of alkyl halides is 3. The maximum atomic E-state index is 12.8. The first kappa shape index (κ1) is 18.2. The number of ether oxygens (including phenoxy) is 1. The number of rotatable bonds is 7. The summed E-state index contributed by atoms with van der Waals surface area (Å²) < 4.78 is 43.1. The third-order valence-corrected chi connectivity index (χ3v) is 3.09. The molecule has 2 unspecified atom stereocenters. The van der Waals surface area contributed by atoms with Crippen LogP contribution in [0.4, 0.5) is 13.2 Å². The maximum Gasteiger partial charge on any atom is 0.402 e. The number of carbonyl (C=O) groups is 2. The van der Waals surface area contributed by atoms with E-state index < -0.39 is 36.4 Å². The molecular weight excluding hydrogens is 301 g/mol. The van der Waals surface area contributed by atoms with Gasteiger partial charge in [-0.05, 0) is 12.5 Å². The van der Waals surface area contributed by atoms with Crippen LogP contribution in [0.25, 0.3) is 0 Å². The number of esters is 1. The first-order chi connectivity index (χ1) is 10.2. The number of Topliss-reactive ketones (excluding diaryl/α,β-unsaturated/α-hetero) is 1. The molecule has 1 aromatic carbocycles. The molecule has 0 aliphatic carbocycles. The highest BCUT2D eigenvalue weighted by Gasteiger charge is 2.47. The second-order valence-electron chi connectivity index (χ2n) is 4.86. The monoisotopic (exact) mass is 318 g/mol. The molecule has 122 valence electrons. The molecule has 0 spiro atoms. The molecule has 1 aromatic rings. The van der Waals surface area contributed by atoms with Crippen LogP contribution in [0.2, 0.25) is 0 Å². The summed E-state index contributed by atoms with van der Waals surface area (Å²) in [4.78, 5) is 22.4. The smallest absolute Gasteiger partial charge is 0.402 e. The Balaban J connectivity index is 2.59. The zero-order chi connectivity index (χ0) is 16.8. The van der Waals surface area contributed by atoms with Crippen molar-refractivity contribution in [2.45, 2.75) is 32.0 Å². The summed E-state index contributed by atoms with van der Waals surface area (Å²) in [5.41, 5.74) is 0.822. The largest absolute Gasteiger partial charge is 0.465 e. The lowest BCUT2D eigenvalue weighted by atomic mass is 9.99. The molecular formula is C15H17F3O4. The first-order valence-electron chi connectivity index (χ1n) is 6.67. The molecule has 4 nitrogen and oxygen atoms in total. The van der Waals surface area contributed by atoms with Gasteiger partial charge in [-0.3, -0.25) is 9.59 Å².